The Hall–Kier alpha value is -1.96. The lowest BCUT2D eigenvalue weighted by Gasteiger charge is -2.50. The Labute approximate surface area is 144 Å². The zero-order chi connectivity index (χ0) is 16.6. The van der Waals surface area contributed by atoms with Crippen molar-refractivity contribution >= 4 is 22.4 Å². The third-order valence-electron chi connectivity index (χ3n) is 4.75. The number of piperidine rings is 1. The molecule has 6 nitrogen and oxygen atoms in total. The lowest BCUT2D eigenvalue weighted by atomic mass is 9.77. The van der Waals surface area contributed by atoms with Crippen LogP contribution in [0.2, 0.25) is 0 Å². The summed E-state index contributed by atoms with van der Waals surface area (Å²) < 4.78 is 5.91. The van der Waals surface area contributed by atoms with Gasteiger partial charge in [-0.2, -0.15) is 0 Å². The number of rotatable bonds is 3. The molecule has 0 spiro atoms. The molecular formula is C17H19N3O3S. The number of aliphatic hydroxyl groups excluding tert-OH is 1. The number of morpholine rings is 1. The van der Waals surface area contributed by atoms with Crippen molar-refractivity contribution in [1.29, 1.82) is 0 Å². The number of nitrogens with one attached hydrogen (secondary N) is 1. The summed E-state index contributed by atoms with van der Waals surface area (Å²) in [5.74, 6) is -0.0691. The molecule has 3 heterocycles. The number of aromatic nitrogens is 1. The molecule has 1 aromatic heterocycles. The smallest absolute Gasteiger partial charge is 0.246 e. The number of fused-ring (bicyclic) bond motifs is 1. The van der Waals surface area contributed by atoms with Crippen LogP contribution in [0.1, 0.15) is 17.7 Å². The summed E-state index contributed by atoms with van der Waals surface area (Å²) in [6.45, 7) is 1.47. The van der Waals surface area contributed by atoms with Crippen LogP contribution in [0.3, 0.4) is 0 Å². The zero-order valence-electron chi connectivity index (χ0n) is 13.1. The first kappa shape index (κ1) is 15.6. The number of aliphatic hydroxyl groups is 1. The summed E-state index contributed by atoms with van der Waals surface area (Å²) in [6, 6.07) is 10.0. The number of hydrogen-bond acceptors (Lipinski definition) is 6. The summed E-state index contributed by atoms with van der Waals surface area (Å²) in [4.78, 5) is 18.6. The van der Waals surface area contributed by atoms with Gasteiger partial charge in [-0.05, 0) is 12.0 Å². The summed E-state index contributed by atoms with van der Waals surface area (Å²) in [5.41, 5.74) is 1.29. The van der Waals surface area contributed by atoms with Gasteiger partial charge in [-0.25, -0.2) is 4.98 Å². The molecule has 2 N–H and O–H groups in total. The molecule has 126 valence electrons. The minimum absolute atomic E-state index is 0.0473. The number of amides is 1. The van der Waals surface area contributed by atoms with Gasteiger partial charge in [0.2, 0.25) is 5.91 Å². The van der Waals surface area contributed by atoms with Crippen LogP contribution in [-0.2, 0) is 21.7 Å². The van der Waals surface area contributed by atoms with E-state index in [2.05, 4.69) is 15.2 Å². The third-order valence-corrected chi connectivity index (χ3v) is 5.70. The summed E-state index contributed by atoms with van der Waals surface area (Å²) in [5, 5.41) is 15.2. The van der Waals surface area contributed by atoms with Gasteiger partial charge >= 0.3 is 0 Å². The minimum atomic E-state index is -0.482. The van der Waals surface area contributed by atoms with E-state index >= 15 is 0 Å². The number of carbonyl (C=O) groups excluding carboxylic acids is 1. The SMILES string of the molecule is O=C1CO[C@@H]2CN(c3nc(CO)cs3)CC[C@@]2(c2ccccc2)N1. The van der Waals surface area contributed by atoms with E-state index in [-0.39, 0.29) is 25.2 Å². The van der Waals surface area contributed by atoms with Gasteiger partial charge in [0.1, 0.15) is 12.7 Å². The molecule has 4 rings (SSSR count). The molecule has 2 atom stereocenters. The van der Waals surface area contributed by atoms with Crippen molar-refractivity contribution in [3.8, 4) is 0 Å². The lowest BCUT2D eigenvalue weighted by molar-refractivity contribution is -0.146. The molecule has 24 heavy (non-hydrogen) atoms. The molecule has 2 aromatic rings. The van der Waals surface area contributed by atoms with Crippen molar-refractivity contribution in [2.24, 2.45) is 0 Å². The monoisotopic (exact) mass is 345 g/mol. The molecule has 0 unspecified atom stereocenters. The molecule has 0 bridgehead atoms. The number of thiazole rings is 1. The topological polar surface area (TPSA) is 74.7 Å². The van der Waals surface area contributed by atoms with Crippen molar-refractivity contribution in [3.63, 3.8) is 0 Å². The number of nitrogens with zero attached hydrogens (tertiary/aromatic N) is 2. The minimum Gasteiger partial charge on any atom is -0.390 e. The highest BCUT2D eigenvalue weighted by molar-refractivity contribution is 7.13. The standard InChI is InChI=1S/C17H19N3O3S/c21-9-13-11-24-16(18-13)20-7-6-17(12-4-2-1-3-5-12)14(8-20)23-10-15(22)19-17/h1-5,11,14,21H,6-10H2,(H,19,22)/t14-,17+/m1/s1. The Bertz CT molecular complexity index is 736. The highest BCUT2D eigenvalue weighted by atomic mass is 32.1. The number of hydrogen-bond donors (Lipinski definition) is 2. The first-order valence-electron chi connectivity index (χ1n) is 7.99. The third kappa shape index (κ3) is 2.58. The zero-order valence-corrected chi connectivity index (χ0v) is 14.0. The van der Waals surface area contributed by atoms with Gasteiger partial charge in [0, 0.05) is 18.5 Å². The van der Waals surface area contributed by atoms with E-state index in [4.69, 9.17) is 4.74 Å². The summed E-state index contributed by atoms with van der Waals surface area (Å²) in [6.07, 6.45) is 0.620. The van der Waals surface area contributed by atoms with Crippen LogP contribution in [-0.4, -0.2) is 41.8 Å². The quantitative estimate of drug-likeness (QED) is 0.876. The van der Waals surface area contributed by atoms with Crippen LogP contribution >= 0.6 is 11.3 Å². The predicted octanol–water partition coefficient (Wildman–Crippen LogP) is 1.26. The van der Waals surface area contributed by atoms with Crippen molar-refractivity contribution in [1.82, 2.24) is 10.3 Å². The van der Waals surface area contributed by atoms with E-state index < -0.39 is 5.54 Å². The van der Waals surface area contributed by atoms with Crippen LogP contribution in [0.4, 0.5) is 5.13 Å². The molecule has 0 radical (unpaired) electrons. The van der Waals surface area contributed by atoms with E-state index in [1.165, 1.54) is 11.3 Å². The van der Waals surface area contributed by atoms with E-state index in [0.717, 1.165) is 23.7 Å². The molecule has 2 saturated heterocycles. The van der Waals surface area contributed by atoms with E-state index in [9.17, 15) is 9.90 Å². The summed E-state index contributed by atoms with van der Waals surface area (Å²) >= 11 is 1.53. The number of anilines is 1. The van der Waals surface area contributed by atoms with E-state index in [1.807, 2.05) is 35.7 Å². The van der Waals surface area contributed by atoms with Gasteiger partial charge in [0.05, 0.1) is 17.8 Å². The Morgan fingerprint density at radius 2 is 2.25 bits per heavy atom. The van der Waals surface area contributed by atoms with Crippen LogP contribution in [0, 0.1) is 0 Å². The van der Waals surface area contributed by atoms with Crippen molar-refractivity contribution in [3.05, 3.63) is 47.0 Å². The molecule has 1 amide bonds. The first-order chi connectivity index (χ1) is 11.7. The lowest BCUT2D eigenvalue weighted by Crippen LogP contribution is -2.66. The van der Waals surface area contributed by atoms with Gasteiger partial charge < -0.3 is 20.1 Å². The second kappa shape index (κ2) is 6.16. The second-order valence-electron chi connectivity index (χ2n) is 6.16. The predicted molar refractivity (Wildman–Crippen MR) is 90.9 cm³/mol. The molecule has 7 heteroatoms. The van der Waals surface area contributed by atoms with Crippen molar-refractivity contribution < 1.29 is 14.6 Å². The normalized spacial score (nSPS) is 26.8. The fourth-order valence-corrected chi connectivity index (χ4v) is 4.40. The van der Waals surface area contributed by atoms with Crippen LogP contribution < -0.4 is 10.2 Å². The molecule has 0 saturated carbocycles. The molecule has 1 aromatic carbocycles. The highest BCUT2D eigenvalue weighted by Gasteiger charge is 2.49. The van der Waals surface area contributed by atoms with Crippen LogP contribution in [0.5, 0.6) is 0 Å². The van der Waals surface area contributed by atoms with Gasteiger partial charge in [0.15, 0.2) is 5.13 Å². The van der Waals surface area contributed by atoms with Gasteiger partial charge in [-0.3, -0.25) is 4.79 Å². The van der Waals surface area contributed by atoms with E-state index in [1.54, 1.807) is 0 Å². The molecule has 0 aliphatic carbocycles. The Kier molecular flexibility index (Phi) is 3.99. The van der Waals surface area contributed by atoms with Crippen LogP contribution in [0.25, 0.3) is 0 Å². The molecule has 2 aliphatic rings. The van der Waals surface area contributed by atoms with E-state index in [0.29, 0.717) is 12.2 Å². The van der Waals surface area contributed by atoms with Gasteiger partial charge in [-0.15, -0.1) is 11.3 Å². The Balaban J connectivity index is 1.63. The van der Waals surface area contributed by atoms with Crippen LogP contribution in [0.15, 0.2) is 35.7 Å². The maximum Gasteiger partial charge on any atom is 0.246 e. The van der Waals surface area contributed by atoms with Crippen molar-refractivity contribution in [2.45, 2.75) is 24.7 Å². The maximum absolute atomic E-state index is 12.0. The number of benzene rings is 1. The maximum atomic E-state index is 12.0. The Morgan fingerprint density at radius 3 is 3.00 bits per heavy atom. The Morgan fingerprint density at radius 1 is 1.42 bits per heavy atom. The fraction of sp³-hybridized carbons (Fsp3) is 0.412. The number of carbonyl (C=O) groups is 1. The second-order valence-corrected chi connectivity index (χ2v) is 7.00. The highest BCUT2D eigenvalue weighted by Crippen LogP contribution is 2.38. The largest absolute Gasteiger partial charge is 0.390 e. The first-order valence-corrected chi connectivity index (χ1v) is 8.87. The average molecular weight is 345 g/mol. The number of ether oxygens (including phenoxy) is 1. The summed E-state index contributed by atoms with van der Waals surface area (Å²) in [7, 11) is 0. The van der Waals surface area contributed by atoms with Gasteiger partial charge in [-0.1, -0.05) is 30.3 Å². The van der Waals surface area contributed by atoms with Gasteiger partial charge in [0.25, 0.3) is 0 Å². The molecule has 2 fully saturated rings. The fourth-order valence-electron chi connectivity index (χ4n) is 3.54. The van der Waals surface area contributed by atoms with Crippen molar-refractivity contribution in [2.75, 3.05) is 24.6 Å². The average Bonchev–Trinajstić information content (AvgIpc) is 3.11. The molecular weight excluding hydrogens is 326 g/mol. The molecule has 2 aliphatic heterocycles.